The Morgan fingerprint density at radius 1 is 1.14 bits per heavy atom. The molecule has 0 fully saturated rings. The predicted octanol–water partition coefficient (Wildman–Crippen LogP) is 3.95. The standard InChI is InChI=1S/C20H19N3O4S/c1-4-27-20(25)18-15(23-19(24)16-11-21-12(2)10-22-16)9-17(28-18)13-5-7-14(26-3)8-6-13/h5-11H,4H2,1-3H3,(H,23,24). The van der Waals surface area contributed by atoms with Crippen LogP contribution in [0.3, 0.4) is 0 Å². The number of rotatable bonds is 6. The summed E-state index contributed by atoms with van der Waals surface area (Å²) in [7, 11) is 1.60. The largest absolute Gasteiger partial charge is 0.497 e. The van der Waals surface area contributed by atoms with Crippen LogP contribution in [-0.2, 0) is 4.74 Å². The topological polar surface area (TPSA) is 90.4 Å². The second-order valence-electron chi connectivity index (χ2n) is 5.80. The maximum absolute atomic E-state index is 12.5. The Bertz CT molecular complexity index is 982. The first-order chi connectivity index (χ1) is 13.5. The number of aryl methyl sites for hydroxylation is 1. The zero-order valence-electron chi connectivity index (χ0n) is 15.7. The first kappa shape index (κ1) is 19.5. The highest BCUT2D eigenvalue weighted by Gasteiger charge is 2.21. The van der Waals surface area contributed by atoms with Crippen molar-refractivity contribution in [2.24, 2.45) is 0 Å². The molecule has 0 aliphatic rings. The number of carbonyl (C=O) groups is 2. The minimum Gasteiger partial charge on any atom is -0.497 e. The highest BCUT2D eigenvalue weighted by molar-refractivity contribution is 7.18. The Hall–Kier alpha value is -3.26. The average molecular weight is 397 g/mol. The van der Waals surface area contributed by atoms with Crippen molar-refractivity contribution in [3.63, 3.8) is 0 Å². The third kappa shape index (κ3) is 4.34. The van der Waals surface area contributed by atoms with Crippen molar-refractivity contribution in [1.29, 1.82) is 0 Å². The fourth-order valence-corrected chi connectivity index (χ4v) is 3.44. The molecule has 0 spiro atoms. The van der Waals surface area contributed by atoms with Gasteiger partial charge in [-0.2, -0.15) is 0 Å². The monoisotopic (exact) mass is 397 g/mol. The van der Waals surface area contributed by atoms with Crippen LogP contribution < -0.4 is 10.1 Å². The second kappa shape index (κ2) is 8.62. The lowest BCUT2D eigenvalue weighted by atomic mass is 10.2. The number of nitrogens with zero attached hydrogens (tertiary/aromatic N) is 2. The molecule has 3 aromatic rings. The number of hydrogen-bond acceptors (Lipinski definition) is 7. The van der Waals surface area contributed by atoms with Crippen LogP contribution in [0, 0.1) is 6.92 Å². The van der Waals surface area contributed by atoms with E-state index in [4.69, 9.17) is 9.47 Å². The Balaban J connectivity index is 1.93. The van der Waals surface area contributed by atoms with E-state index in [1.807, 2.05) is 24.3 Å². The van der Waals surface area contributed by atoms with E-state index in [0.29, 0.717) is 16.3 Å². The summed E-state index contributed by atoms with van der Waals surface area (Å²) in [6.07, 6.45) is 2.91. The van der Waals surface area contributed by atoms with Crippen LogP contribution in [-0.4, -0.2) is 35.6 Å². The molecule has 0 aliphatic carbocycles. The zero-order valence-corrected chi connectivity index (χ0v) is 16.5. The molecule has 0 radical (unpaired) electrons. The van der Waals surface area contributed by atoms with Crippen molar-refractivity contribution in [3.8, 4) is 16.2 Å². The molecule has 2 aromatic heterocycles. The molecule has 1 N–H and O–H groups in total. The molecule has 2 heterocycles. The first-order valence-electron chi connectivity index (χ1n) is 8.57. The van der Waals surface area contributed by atoms with Gasteiger partial charge in [0.05, 0.1) is 31.3 Å². The summed E-state index contributed by atoms with van der Waals surface area (Å²) in [5.74, 6) is -0.202. The summed E-state index contributed by atoms with van der Waals surface area (Å²) >= 11 is 1.25. The quantitative estimate of drug-likeness (QED) is 0.634. The van der Waals surface area contributed by atoms with Crippen molar-refractivity contribution >= 4 is 28.9 Å². The molecule has 28 heavy (non-hydrogen) atoms. The number of hydrogen-bond donors (Lipinski definition) is 1. The lowest BCUT2D eigenvalue weighted by Gasteiger charge is -2.05. The van der Waals surface area contributed by atoms with Gasteiger partial charge < -0.3 is 14.8 Å². The number of amides is 1. The molecule has 0 bridgehead atoms. The number of aromatic nitrogens is 2. The number of benzene rings is 1. The van der Waals surface area contributed by atoms with Crippen LogP contribution in [0.15, 0.2) is 42.7 Å². The van der Waals surface area contributed by atoms with Crippen LogP contribution in [0.4, 0.5) is 5.69 Å². The Labute approximate surface area is 166 Å². The molecule has 1 amide bonds. The van der Waals surface area contributed by atoms with Crippen LogP contribution in [0.1, 0.15) is 32.8 Å². The highest BCUT2D eigenvalue weighted by Crippen LogP contribution is 2.36. The maximum atomic E-state index is 12.5. The molecule has 8 heteroatoms. The van der Waals surface area contributed by atoms with Gasteiger partial charge in [0, 0.05) is 11.1 Å². The van der Waals surface area contributed by atoms with E-state index >= 15 is 0 Å². The number of nitrogens with one attached hydrogen (secondary N) is 1. The van der Waals surface area contributed by atoms with E-state index in [-0.39, 0.29) is 12.3 Å². The summed E-state index contributed by atoms with van der Waals surface area (Å²) in [6, 6.07) is 9.18. The predicted molar refractivity (Wildman–Crippen MR) is 107 cm³/mol. The van der Waals surface area contributed by atoms with Gasteiger partial charge in [-0.25, -0.2) is 9.78 Å². The first-order valence-corrected chi connectivity index (χ1v) is 9.38. The Kier molecular flexibility index (Phi) is 6.00. The lowest BCUT2D eigenvalue weighted by Crippen LogP contribution is -2.16. The van der Waals surface area contributed by atoms with E-state index in [1.54, 1.807) is 27.0 Å². The van der Waals surface area contributed by atoms with Gasteiger partial charge in [0.2, 0.25) is 0 Å². The minimum absolute atomic E-state index is 0.164. The molecule has 7 nitrogen and oxygen atoms in total. The fraction of sp³-hybridized carbons (Fsp3) is 0.200. The number of thiophene rings is 1. The van der Waals surface area contributed by atoms with Crippen molar-refractivity contribution in [2.45, 2.75) is 13.8 Å². The molecule has 1 aromatic carbocycles. The van der Waals surface area contributed by atoms with Gasteiger partial charge in [-0.05, 0) is 49.7 Å². The molecular formula is C20H19N3O4S. The molecule has 0 saturated carbocycles. The summed E-state index contributed by atoms with van der Waals surface area (Å²) < 4.78 is 10.3. The Morgan fingerprint density at radius 2 is 1.89 bits per heavy atom. The fourth-order valence-electron chi connectivity index (χ4n) is 2.43. The normalized spacial score (nSPS) is 10.4. The third-order valence-electron chi connectivity index (χ3n) is 3.83. The number of methoxy groups -OCH3 is 1. The van der Waals surface area contributed by atoms with Gasteiger partial charge in [0.25, 0.3) is 5.91 Å². The number of esters is 1. The van der Waals surface area contributed by atoms with Crippen LogP contribution >= 0.6 is 11.3 Å². The lowest BCUT2D eigenvalue weighted by molar-refractivity contribution is 0.0533. The molecule has 144 valence electrons. The molecule has 0 unspecified atom stereocenters. The van der Waals surface area contributed by atoms with E-state index < -0.39 is 11.9 Å². The van der Waals surface area contributed by atoms with E-state index in [2.05, 4.69) is 15.3 Å². The van der Waals surface area contributed by atoms with Crippen molar-refractivity contribution in [3.05, 3.63) is 59.0 Å². The van der Waals surface area contributed by atoms with Gasteiger partial charge in [-0.1, -0.05) is 0 Å². The summed E-state index contributed by atoms with van der Waals surface area (Å²) in [5, 5.41) is 2.74. The summed E-state index contributed by atoms with van der Waals surface area (Å²) in [6.45, 7) is 3.76. The zero-order chi connectivity index (χ0) is 20.1. The summed E-state index contributed by atoms with van der Waals surface area (Å²) in [5.41, 5.74) is 2.15. The average Bonchev–Trinajstić information content (AvgIpc) is 3.12. The Morgan fingerprint density at radius 3 is 2.50 bits per heavy atom. The molecule has 0 aliphatic heterocycles. The van der Waals surface area contributed by atoms with Crippen molar-refractivity contribution in [1.82, 2.24) is 9.97 Å². The summed E-state index contributed by atoms with van der Waals surface area (Å²) in [4.78, 5) is 34.1. The number of anilines is 1. The van der Waals surface area contributed by atoms with E-state index in [0.717, 1.165) is 16.2 Å². The van der Waals surface area contributed by atoms with Gasteiger partial charge in [-0.15, -0.1) is 11.3 Å². The molecular weight excluding hydrogens is 378 g/mol. The van der Waals surface area contributed by atoms with Crippen molar-refractivity contribution in [2.75, 3.05) is 19.0 Å². The maximum Gasteiger partial charge on any atom is 0.350 e. The van der Waals surface area contributed by atoms with Crippen LogP contribution in [0.25, 0.3) is 10.4 Å². The van der Waals surface area contributed by atoms with Gasteiger partial charge in [-0.3, -0.25) is 9.78 Å². The molecule has 0 atom stereocenters. The second-order valence-corrected chi connectivity index (χ2v) is 6.85. The van der Waals surface area contributed by atoms with E-state index in [9.17, 15) is 9.59 Å². The van der Waals surface area contributed by atoms with Gasteiger partial charge >= 0.3 is 5.97 Å². The SMILES string of the molecule is CCOC(=O)c1sc(-c2ccc(OC)cc2)cc1NC(=O)c1cnc(C)cn1. The van der Waals surface area contributed by atoms with Crippen molar-refractivity contribution < 1.29 is 19.1 Å². The highest BCUT2D eigenvalue weighted by atomic mass is 32.1. The molecule has 3 rings (SSSR count). The van der Waals surface area contributed by atoms with Crippen LogP contribution in [0.5, 0.6) is 5.75 Å². The number of carbonyl (C=O) groups excluding carboxylic acids is 2. The smallest absolute Gasteiger partial charge is 0.350 e. The van der Waals surface area contributed by atoms with Gasteiger partial charge in [0.15, 0.2) is 0 Å². The molecule has 0 saturated heterocycles. The third-order valence-corrected chi connectivity index (χ3v) is 4.99. The minimum atomic E-state index is -0.488. The van der Waals surface area contributed by atoms with Gasteiger partial charge in [0.1, 0.15) is 16.3 Å². The van der Waals surface area contributed by atoms with E-state index in [1.165, 1.54) is 23.7 Å². The van der Waals surface area contributed by atoms with Crippen LogP contribution in [0.2, 0.25) is 0 Å². The number of ether oxygens (including phenoxy) is 2.